The highest BCUT2D eigenvalue weighted by Crippen LogP contribution is 2.37. The molecule has 0 aliphatic carbocycles. The van der Waals surface area contributed by atoms with Crippen molar-refractivity contribution < 1.29 is 4.39 Å². The molecule has 86 valence electrons. The van der Waals surface area contributed by atoms with E-state index in [0.717, 1.165) is 6.42 Å². The number of halogens is 1. The Labute approximate surface area is 95.5 Å². The fraction of sp³-hybridized carbons (Fsp3) is 0.667. The van der Waals surface area contributed by atoms with Crippen LogP contribution in [0.25, 0.3) is 0 Å². The van der Waals surface area contributed by atoms with Gasteiger partial charge >= 0.3 is 0 Å². The predicted octanol–water partition coefficient (Wildman–Crippen LogP) is 3.39. The van der Waals surface area contributed by atoms with Crippen molar-refractivity contribution in [1.82, 2.24) is 0 Å². The van der Waals surface area contributed by atoms with Crippen LogP contribution in [-0.4, -0.2) is 12.2 Å². The van der Waals surface area contributed by atoms with Crippen LogP contribution < -0.4 is 5.73 Å². The number of rotatable bonds is 4. The van der Waals surface area contributed by atoms with Crippen molar-refractivity contribution in [2.75, 3.05) is 6.54 Å². The molecular weight excluding hydrogens is 209 g/mol. The van der Waals surface area contributed by atoms with E-state index in [1.807, 2.05) is 38.3 Å². The maximum absolute atomic E-state index is 14.5. The monoisotopic (exact) mass is 229 g/mol. The molecule has 0 spiro atoms. The molecule has 2 N–H and O–H groups in total. The molecule has 0 radical (unpaired) electrons. The lowest BCUT2D eigenvalue weighted by molar-refractivity contribution is 0.0297. The van der Waals surface area contributed by atoms with Gasteiger partial charge in [-0.15, -0.1) is 11.3 Å². The minimum Gasteiger partial charge on any atom is -0.328 e. The standard InChI is InChI=1S/C12H20FNS/c1-11(2,3)12(13,9-14)7-6-10-5-4-8-15-10/h4-5,8H,6-7,9,14H2,1-3H3. The smallest absolute Gasteiger partial charge is 0.128 e. The van der Waals surface area contributed by atoms with Crippen LogP contribution in [-0.2, 0) is 6.42 Å². The second kappa shape index (κ2) is 4.62. The van der Waals surface area contributed by atoms with E-state index in [1.165, 1.54) is 4.88 Å². The van der Waals surface area contributed by atoms with Crippen molar-refractivity contribution in [1.29, 1.82) is 0 Å². The van der Waals surface area contributed by atoms with Crippen LogP contribution in [0.3, 0.4) is 0 Å². The molecule has 0 amide bonds. The summed E-state index contributed by atoms with van der Waals surface area (Å²) in [6.45, 7) is 5.83. The molecule has 1 atom stereocenters. The number of hydrogen-bond acceptors (Lipinski definition) is 2. The third-order valence-electron chi connectivity index (χ3n) is 3.02. The van der Waals surface area contributed by atoms with Crippen molar-refractivity contribution in [3.05, 3.63) is 22.4 Å². The molecule has 0 bridgehead atoms. The Bertz CT molecular complexity index is 289. The summed E-state index contributed by atoms with van der Waals surface area (Å²) in [4.78, 5) is 1.23. The van der Waals surface area contributed by atoms with Crippen LogP contribution in [0.15, 0.2) is 17.5 Å². The van der Waals surface area contributed by atoms with Crippen molar-refractivity contribution in [2.24, 2.45) is 11.1 Å². The average molecular weight is 229 g/mol. The largest absolute Gasteiger partial charge is 0.328 e. The first-order valence-corrected chi connectivity index (χ1v) is 6.18. The van der Waals surface area contributed by atoms with Gasteiger partial charge in [-0.05, 0) is 29.7 Å². The van der Waals surface area contributed by atoms with E-state index in [4.69, 9.17) is 5.73 Å². The number of nitrogens with two attached hydrogens (primary N) is 1. The Balaban J connectivity index is 2.62. The Morgan fingerprint density at radius 2 is 2.07 bits per heavy atom. The molecule has 1 rings (SSSR count). The van der Waals surface area contributed by atoms with Gasteiger partial charge in [0, 0.05) is 11.4 Å². The number of alkyl halides is 1. The second-order valence-corrected chi connectivity index (χ2v) is 6.03. The van der Waals surface area contributed by atoms with Gasteiger partial charge in [-0.1, -0.05) is 26.8 Å². The Hall–Kier alpha value is -0.410. The maximum Gasteiger partial charge on any atom is 0.128 e. The normalized spacial score (nSPS) is 16.3. The van der Waals surface area contributed by atoms with Gasteiger partial charge in [0.05, 0.1) is 0 Å². The van der Waals surface area contributed by atoms with E-state index in [-0.39, 0.29) is 12.0 Å². The maximum atomic E-state index is 14.5. The molecule has 0 aliphatic heterocycles. The van der Waals surface area contributed by atoms with Crippen LogP contribution in [0, 0.1) is 5.41 Å². The molecule has 1 nitrogen and oxygen atoms in total. The van der Waals surface area contributed by atoms with E-state index in [1.54, 1.807) is 11.3 Å². The van der Waals surface area contributed by atoms with Gasteiger partial charge in [-0.25, -0.2) is 4.39 Å². The lowest BCUT2D eigenvalue weighted by atomic mass is 9.75. The van der Waals surface area contributed by atoms with Crippen LogP contribution in [0.4, 0.5) is 4.39 Å². The first-order chi connectivity index (χ1) is 6.89. The second-order valence-electron chi connectivity index (χ2n) is 5.00. The average Bonchev–Trinajstić information content (AvgIpc) is 2.64. The highest BCUT2D eigenvalue weighted by atomic mass is 32.1. The summed E-state index contributed by atoms with van der Waals surface area (Å²) in [5, 5.41) is 2.02. The van der Waals surface area contributed by atoms with Crippen LogP contribution in [0.5, 0.6) is 0 Å². The lowest BCUT2D eigenvalue weighted by Crippen LogP contribution is -2.45. The summed E-state index contributed by atoms with van der Waals surface area (Å²) in [5.41, 5.74) is 3.90. The van der Waals surface area contributed by atoms with E-state index in [0.29, 0.717) is 6.42 Å². The van der Waals surface area contributed by atoms with Gasteiger partial charge in [0.15, 0.2) is 0 Å². The van der Waals surface area contributed by atoms with Crippen LogP contribution >= 0.6 is 11.3 Å². The van der Waals surface area contributed by atoms with Crippen LogP contribution in [0.2, 0.25) is 0 Å². The predicted molar refractivity (Wildman–Crippen MR) is 65.0 cm³/mol. The number of hydrogen-bond donors (Lipinski definition) is 1. The van der Waals surface area contributed by atoms with Crippen LogP contribution in [0.1, 0.15) is 32.1 Å². The van der Waals surface area contributed by atoms with Gasteiger partial charge in [-0.3, -0.25) is 0 Å². The quantitative estimate of drug-likeness (QED) is 0.841. The minimum atomic E-state index is -1.27. The molecule has 1 aromatic rings. The third kappa shape index (κ3) is 3.02. The molecule has 1 heterocycles. The molecule has 0 saturated carbocycles. The highest BCUT2D eigenvalue weighted by molar-refractivity contribution is 7.09. The molecule has 15 heavy (non-hydrogen) atoms. The topological polar surface area (TPSA) is 26.0 Å². The zero-order valence-electron chi connectivity index (χ0n) is 9.72. The van der Waals surface area contributed by atoms with Gasteiger partial charge in [0.25, 0.3) is 0 Å². The first-order valence-electron chi connectivity index (χ1n) is 5.30. The van der Waals surface area contributed by atoms with E-state index >= 15 is 0 Å². The van der Waals surface area contributed by atoms with Gasteiger partial charge in [0.1, 0.15) is 5.67 Å². The van der Waals surface area contributed by atoms with Gasteiger partial charge in [-0.2, -0.15) is 0 Å². The lowest BCUT2D eigenvalue weighted by Gasteiger charge is -2.37. The third-order valence-corrected chi connectivity index (χ3v) is 3.95. The molecule has 0 aromatic carbocycles. The van der Waals surface area contributed by atoms with Crippen molar-refractivity contribution in [2.45, 2.75) is 39.3 Å². The summed E-state index contributed by atoms with van der Waals surface area (Å²) in [7, 11) is 0. The molecule has 0 saturated heterocycles. The number of aryl methyl sites for hydroxylation is 1. The summed E-state index contributed by atoms with van der Waals surface area (Å²) < 4.78 is 14.5. The fourth-order valence-electron chi connectivity index (χ4n) is 1.56. The molecule has 0 fully saturated rings. The summed E-state index contributed by atoms with van der Waals surface area (Å²) in [6, 6.07) is 4.05. The SMILES string of the molecule is CC(C)(C)C(F)(CN)CCc1cccs1. The Kier molecular flexibility index (Phi) is 3.90. The Morgan fingerprint density at radius 1 is 1.40 bits per heavy atom. The Morgan fingerprint density at radius 3 is 2.47 bits per heavy atom. The molecule has 3 heteroatoms. The molecular formula is C12H20FNS. The number of thiophene rings is 1. The van der Waals surface area contributed by atoms with Crippen molar-refractivity contribution in [3.63, 3.8) is 0 Å². The van der Waals surface area contributed by atoms with E-state index in [2.05, 4.69) is 0 Å². The van der Waals surface area contributed by atoms with Gasteiger partial charge in [0.2, 0.25) is 0 Å². The zero-order chi connectivity index (χ0) is 11.5. The summed E-state index contributed by atoms with van der Waals surface area (Å²) >= 11 is 1.68. The van der Waals surface area contributed by atoms with Crippen molar-refractivity contribution in [3.8, 4) is 0 Å². The molecule has 1 aromatic heterocycles. The van der Waals surface area contributed by atoms with Crippen molar-refractivity contribution >= 4 is 11.3 Å². The molecule has 1 unspecified atom stereocenters. The van der Waals surface area contributed by atoms with E-state index < -0.39 is 5.67 Å². The summed E-state index contributed by atoms with van der Waals surface area (Å²) in [5.74, 6) is 0. The minimum absolute atomic E-state index is 0.0991. The highest BCUT2D eigenvalue weighted by Gasteiger charge is 2.40. The molecule has 0 aliphatic rings. The fourth-order valence-corrected chi connectivity index (χ4v) is 2.27. The van der Waals surface area contributed by atoms with Gasteiger partial charge < -0.3 is 5.73 Å². The summed E-state index contributed by atoms with van der Waals surface area (Å²) in [6.07, 6.45) is 1.29. The zero-order valence-corrected chi connectivity index (χ0v) is 10.5. The van der Waals surface area contributed by atoms with E-state index in [9.17, 15) is 4.39 Å². The first kappa shape index (κ1) is 12.7.